The molecule has 0 rings (SSSR count). The van der Waals surface area contributed by atoms with Crippen LogP contribution in [-0.2, 0) is 9.59 Å². The van der Waals surface area contributed by atoms with E-state index in [1.807, 2.05) is 55.4 Å². The number of carbonyl (C=O) groups is 2. The van der Waals surface area contributed by atoms with E-state index in [0.717, 1.165) is 0 Å². The molecule has 204 valence electrons. The van der Waals surface area contributed by atoms with Crippen molar-refractivity contribution >= 4 is 11.9 Å². The first-order chi connectivity index (χ1) is 16.5. The van der Waals surface area contributed by atoms with Crippen molar-refractivity contribution in [3.8, 4) is 12.1 Å². The van der Waals surface area contributed by atoms with Crippen molar-refractivity contribution in [2.24, 2.45) is 44.7 Å². The van der Waals surface area contributed by atoms with Gasteiger partial charge < -0.3 is 10.2 Å². The summed E-state index contributed by atoms with van der Waals surface area (Å²) in [6.07, 6.45) is 1.21. The van der Waals surface area contributed by atoms with Crippen molar-refractivity contribution in [1.82, 2.24) is 0 Å². The lowest BCUT2D eigenvalue weighted by molar-refractivity contribution is -0.153. The Hall–Kier alpha value is -2.48. The molecule has 0 aromatic heterocycles. The maximum atomic E-state index is 12.8. The monoisotopic (exact) mass is 504 g/mol. The number of hydrogen-bond acceptors (Lipinski definition) is 6. The van der Waals surface area contributed by atoms with E-state index in [9.17, 15) is 30.3 Å². The molecule has 4 unspecified atom stereocenters. The Labute approximate surface area is 218 Å². The van der Waals surface area contributed by atoms with Crippen LogP contribution >= 0.6 is 0 Å². The van der Waals surface area contributed by atoms with Crippen molar-refractivity contribution in [3.05, 3.63) is 0 Å². The van der Waals surface area contributed by atoms with E-state index >= 15 is 0 Å². The molecule has 0 saturated carbocycles. The summed E-state index contributed by atoms with van der Waals surface area (Å²) >= 11 is 0. The second-order valence-electron chi connectivity index (χ2n) is 12.0. The van der Waals surface area contributed by atoms with Crippen molar-refractivity contribution in [2.45, 2.75) is 119 Å². The number of nitriles is 2. The zero-order valence-electron chi connectivity index (χ0n) is 24.1. The Morgan fingerprint density at radius 1 is 0.639 bits per heavy atom. The summed E-state index contributed by atoms with van der Waals surface area (Å²) < 4.78 is 0. The van der Waals surface area contributed by atoms with Crippen molar-refractivity contribution in [1.29, 1.82) is 10.5 Å². The largest absolute Gasteiger partial charge is 0.480 e. The zero-order chi connectivity index (χ0) is 28.5. The number of aliphatic carboxylic acids is 2. The van der Waals surface area contributed by atoms with Gasteiger partial charge >= 0.3 is 11.9 Å². The van der Waals surface area contributed by atoms with Crippen LogP contribution in [0.4, 0.5) is 0 Å². The highest BCUT2D eigenvalue weighted by Gasteiger charge is 2.61. The third-order valence-electron chi connectivity index (χ3n) is 7.22. The number of rotatable bonds is 16. The highest BCUT2D eigenvalue weighted by molar-refractivity contribution is 5.81. The van der Waals surface area contributed by atoms with Crippen LogP contribution in [0.2, 0.25) is 0 Å². The summed E-state index contributed by atoms with van der Waals surface area (Å²) in [5, 5.41) is 51.0. The molecule has 0 saturated heterocycles. The molecule has 0 aliphatic heterocycles. The van der Waals surface area contributed by atoms with E-state index in [1.165, 1.54) is 0 Å². The number of carboxylic acids is 2. The minimum absolute atomic E-state index is 0.000115. The standard InChI is InChI=1S/C28H48N4O4/c1-11-27(15-21(7)8,25(17-29,23(33)34)13-19(3)4)31-32-28(12-2,16-22(9)10)26(18-30,24(35)36)14-20(5)6/h19-22H,11-16H2,1-10H3,(H,33,34)(H,35,36). The molecule has 0 heterocycles. The lowest BCUT2D eigenvalue weighted by Gasteiger charge is -2.45. The summed E-state index contributed by atoms with van der Waals surface area (Å²) in [7, 11) is 0. The van der Waals surface area contributed by atoms with Crippen molar-refractivity contribution < 1.29 is 19.8 Å². The van der Waals surface area contributed by atoms with Gasteiger partial charge in [-0.3, -0.25) is 9.59 Å². The van der Waals surface area contributed by atoms with E-state index < -0.39 is 33.8 Å². The van der Waals surface area contributed by atoms with E-state index in [4.69, 9.17) is 10.2 Å². The summed E-state index contributed by atoms with van der Waals surface area (Å²) in [4.78, 5) is 25.6. The molecule has 0 aromatic rings. The fourth-order valence-electron chi connectivity index (χ4n) is 5.75. The Bertz CT molecular complexity index is 800. The fourth-order valence-corrected chi connectivity index (χ4v) is 5.75. The highest BCUT2D eigenvalue weighted by atomic mass is 16.4. The molecular formula is C28H48N4O4. The third kappa shape index (κ3) is 6.64. The first-order valence-corrected chi connectivity index (χ1v) is 13.2. The topological polar surface area (TPSA) is 147 Å². The van der Waals surface area contributed by atoms with Crippen molar-refractivity contribution in [2.75, 3.05) is 0 Å². The molecular weight excluding hydrogens is 456 g/mol. The normalized spacial score (nSPS) is 18.9. The number of azo groups is 1. The highest BCUT2D eigenvalue weighted by Crippen LogP contribution is 2.51. The number of nitrogens with zero attached hydrogens (tertiary/aromatic N) is 4. The van der Waals surface area contributed by atoms with Gasteiger partial charge in [-0.05, 0) is 62.2 Å². The molecule has 0 spiro atoms. The third-order valence-corrected chi connectivity index (χ3v) is 7.22. The van der Waals surface area contributed by atoms with Gasteiger partial charge in [0, 0.05) is 0 Å². The molecule has 8 heteroatoms. The van der Waals surface area contributed by atoms with Crippen LogP contribution in [0.5, 0.6) is 0 Å². The van der Waals surface area contributed by atoms with Gasteiger partial charge in [-0.25, -0.2) is 0 Å². The predicted octanol–water partition coefficient (Wildman–Crippen LogP) is 7.11. The lowest BCUT2D eigenvalue weighted by Crippen LogP contribution is -2.55. The van der Waals surface area contributed by atoms with Crippen molar-refractivity contribution in [3.63, 3.8) is 0 Å². The number of hydrogen-bond donors (Lipinski definition) is 2. The predicted molar refractivity (Wildman–Crippen MR) is 140 cm³/mol. The quantitative estimate of drug-likeness (QED) is 0.214. The van der Waals surface area contributed by atoms with Gasteiger partial charge in [0.05, 0.1) is 12.1 Å². The van der Waals surface area contributed by atoms with E-state index in [2.05, 4.69) is 12.1 Å². The second-order valence-corrected chi connectivity index (χ2v) is 12.0. The zero-order valence-corrected chi connectivity index (χ0v) is 24.1. The van der Waals surface area contributed by atoms with Crippen LogP contribution in [0.15, 0.2) is 10.2 Å². The Morgan fingerprint density at radius 2 is 0.889 bits per heavy atom. The van der Waals surface area contributed by atoms with Crippen LogP contribution in [0.25, 0.3) is 0 Å². The van der Waals surface area contributed by atoms with Crippen LogP contribution in [0.3, 0.4) is 0 Å². The average molecular weight is 505 g/mol. The van der Waals surface area contributed by atoms with Gasteiger partial charge in [0.25, 0.3) is 0 Å². The second kappa shape index (κ2) is 13.2. The summed E-state index contributed by atoms with van der Waals surface area (Å²) in [6, 6.07) is 4.22. The molecule has 36 heavy (non-hydrogen) atoms. The van der Waals surface area contributed by atoms with Gasteiger partial charge in [0.2, 0.25) is 0 Å². The molecule has 0 aliphatic rings. The maximum Gasteiger partial charge on any atom is 0.326 e. The van der Waals surface area contributed by atoms with E-state index in [0.29, 0.717) is 0 Å². The Balaban J connectivity index is 7.66. The van der Waals surface area contributed by atoms with Gasteiger partial charge in [-0.15, -0.1) is 0 Å². The lowest BCUT2D eigenvalue weighted by atomic mass is 9.61. The summed E-state index contributed by atoms with van der Waals surface area (Å²) in [5.41, 5.74) is -6.48. The van der Waals surface area contributed by atoms with Gasteiger partial charge in [-0.1, -0.05) is 69.2 Å². The molecule has 0 amide bonds. The van der Waals surface area contributed by atoms with Gasteiger partial charge in [-0.2, -0.15) is 20.8 Å². The molecule has 4 atom stereocenters. The molecule has 0 bridgehead atoms. The first-order valence-electron chi connectivity index (χ1n) is 13.2. The van der Waals surface area contributed by atoms with Gasteiger partial charge in [0.15, 0.2) is 10.8 Å². The molecule has 0 radical (unpaired) electrons. The summed E-state index contributed by atoms with van der Waals surface area (Å²) in [6.45, 7) is 18.8. The van der Waals surface area contributed by atoms with Gasteiger partial charge in [0.1, 0.15) is 11.1 Å². The van der Waals surface area contributed by atoms with Crippen LogP contribution in [0.1, 0.15) is 108 Å². The first kappa shape index (κ1) is 33.5. The SMILES string of the molecule is CCC(CC(C)C)(N=NC(CC)(CC(C)C)C(C#N)(CC(C)C)C(=O)O)C(C#N)(CC(C)C)C(=O)O. The number of carboxylic acid groups (broad SMARTS) is 2. The van der Waals surface area contributed by atoms with E-state index in [-0.39, 0.29) is 62.2 Å². The van der Waals surface area contributed by atoms with E-state index in [1.54, 1.807) is 13.8 Å². The maximum absolute atomic E-state index is 12.8. The molecule has 0 aromatic carbocycles. The smallest absolute Gasteiger partial charge is 0.326 e. The fraction of sp³-hybridized carbons (Fsp3) is 0.857. The molecule has 0 aliphatic carbocycles. The van der Waals surface area contributed by atoms with Crippen LogP contribution in [-0.4, -0.2) is 33.2 Å². The molecule has 8 nitrogen and oxygen atoms in total. The summed E-state index contributed by atoms with van der Waals surface area (Å²) in [5.74, 6) is -2.70. The minimum Gasteiger partial charge on any atom is -0.480 e. The Morgan fingerprint density at radius 3 is 1.03 bits per heavy atom. The van der Waals surface area contributed by atoms with Crippen LogP contribution < -0.4 is 0 Å². The Kier molecular flexibility index (Phi) is 12.3. The molecule has 2 N–H and O–H groups in total. The molecule has 0 fully saturated rings. The van der Waals surface area contributed by atoms with Crippen LogP contribution in [0, 0.1) is 57.2 Å². The average Bonchev–Trinajstić information content (AvgIpc) is 2.76. The minimum atomic E-state index is -1.85.